The van der Waals surface area contributed by atoms with Crippen LogP contribution in [0.25, 0.3) is 5.69 Å². The van der Waals surface area contributed by atoms with Crippen LogP contribution in [-0.4, -0.2) is 76.3 Å². The number of aromatic nitrogens is 4. The van der Waals surface area contributed by atoms with Gasteiger partial charge < -0.3 is 14.5 Å². The standard InChI is InChI=1S/C27H29ClF3N7O2/c1-35(2)23(39)13-36-11-16-8-18(28)4-5-19(16)38-22(12-36)33-34-24(38)17-9-26(10-17)14-37(15-26)25-20(40-3)6-7-21(32-25)27(29,30)31/h4-8,17H,9-15H2,1-3H3. The Labute approximate surface area is 234 Å². The van der Waals surface area contributed by atoms with Gasteiger partial charge >= 0.3 is 6.18 Å². The van der Waals surface area contributed by atoms with Gasteiger partial charge in [0.25, 0.3) is 0 Å². The molecule has 1 aliphatic carbocycles. The Bertz CT molecular complexity index is 1460. The minimum absolute atomic E-state index is 0.000806. The van der Waals surface area contributed by atoms with Gasteiger partial charge in [0.2, 0.25) is 5.91 Å². The maximum Gasteiger partial charge on any atom is 0.433 e. The van der Waals surface area contributed by atoms with Gasteiger partial charge in [-0.2, -0.15) is 13.2 Å². The van der Waals surface area contributed by atoms with Crippen LogP contribution in [0, 0.1) is 5.41 Å². The number of benzene rings is 1. The van der Waals surface area contributed by atoms with Gasteiger partial charge in [0, 0.05) is 50.1 Å². The van der Waals surface area contributed by atoms with Crippen LogP contribution < -0.4 is 9.64 Å². The average molecular weight is 576 g/mol. The van der Waals surface area contributed by atoms with E-state index in [4.69, 9.17) is 16.3 Å². The number of pyridine rings is 1. The van der Waals surface area contributed by atoms with Crippen molar-refractivity contribution in [3.63, 3.8) is 0 Å². The minimum atomic E-state index is -4.52. The monoisotopic (exact) mass is 575 g/mol. The van der Waals surface area contributed by atoms with E-state index < -0.39 is 11.9 Å². The number of amides is 1. The summed E-state index contributed by atoms with van der Waals surface area (Å²) in [4.78, 5) is 21.8. The smallest absolute Gasteiger partial charge is 0.433 e. The number of fused-ring (bicyclic) bond motifs is 3. The summed E-state index contributed by atoms with van der Waals surface area (Å²) < 4.78 is 47.2. The van der Waals surface area contributed by atoms with Gasteiger partial charge in [-0.05, 0) is 48.7 Å². The molecule has 0 atom stereocenters. The Balaban J connectivity index is 1.22. The van der Waals surface area contributed by atoms with Crippen molar-refractivity contribution in [2.45, 2.75) is 38.0 Å². The third kappa shape index (κ3) is 4.66. The minimum Gasteiger partial charge on any atom is -0.493 e. The molecule has 1 amide bonds. The molecule has 0 unspecified atom stereocenters. The molecule has 1 aromatic carbocycles. The Hall–Kier alpha value is -3.38. The third-order valence-corrected chi connectivity index (χ3v) is 8.32. The molecule has 9 nitrogen and oxygen atoms in total. The zero-order chi connectivity index (χ0) is 28.4. The van der Waals surface area contributed by atoms with E-state index in [9.17, 15) is 18.0 Å². The van der Waals surface area contributed by atoms with Crippen molar-refractivity contribution < 1.29 is 22.7 Å². The first-order valence-electron chi connectivity index (χ1n) is 13.0. The number of rotatable bonds is 5. The highest BCUT2D eigenvalue weighted by Crippen LogP contribution is 2.57. The predicted octanol–water partition coefficient (Wildman–Crippen LogP) is 4.13. The highest BCUT2D eigenvalue weighted by atomic mass is 35.5. The first kappa shape index (κ1) is 26.8. The van der Waals surface area contributed by atoms with E-state index in [0.717, 1.165) is 41.8 Å². The van der Waals surface area contributed by atoms with Crippen molar-refractivity contribution in [1.29, 1.82) is 0 Å². The van der Waals surface area contributed by atoms with Crippen LogP contribution in [0.3, 0.4) is 0 Å². The highest BCUT2D eigenvalue weighted by molar-refractivity contribution is 6.30. The first-order chi connectivity index (χ1) is 19.0. The van der Waals surface area contributed by atoms with Crippen LogP contribution in [0.1, 0.15) is 41.7 Å². The van der Waals surface area contributed by atoms with Crippen LogP contribution in [0.15, 0.2) is 30.3 Å². The van der Waals surface area contributed by atoms with Crippen molar-refractivity contribution in [2.24, 2.45) is 5.41 Å². The summed E-state index contributed by atoms with van der Waals surface area (Å²) >= 11 is 6.34. The third-order valence-electron chi connectivity index (χ3n) is 8.08. The van der Waals surface area contributed by atoms with Crippen LogP contribution >= 0.6 is 11.6 Å². The Morgan fingerprint density at radius 2 is 1.90 bits per heavy atom. The predicted molar refractivity (Wildman–Crippen MR) is 142 cm³/mol. The van der Waals surface area contributed by atoms with Gasteiger partial charge in [0.1, 0.15) is 11.5 Å². The molecule has 2 fully saturated rings. The fourth-order valence-corrected chi connectivity index (χ4v) is 6.31. The molecule has 0 N–H and O–H groups in total. The Morgan fingerprint density at radius 1 is 1.15 bits per heavy atom. The summed E-state index contributed by atoms with van der Waals surface area (Å²) in [7, 11) is 4.90. The van der Waals surface area contributed by atoms with Crippen molar-refractivity contribution in [3.8, 4) is 11.4 Å². The van der Waals surface area contributed by atoms with Crippen molar-refractivity contribution in [3.05, 3.63) is 58.3 Å². The fourth-order valence-electron chi connectivity index (χ4n) is 6.12. The fraction of sp³-hybridized carbons (Fsp3) is 0.481. The second kappa shape index (κ2) is 9.62. The maximum atomic E-state index is 13.3. The van der Waals surface area contributed by atoms with Crippen LogP contribution in [0.2, 0.25) is 5.02 Å². The van der Waals surface area contributed by atoms with Gasteiger partial charge in [-0.25, -0.2) is 4.98 Å². The van der Waals surface area contributed by atoms with Crippen LogP contribution in [0.4, 0.5) is 19.0 Å². The normalized spacial score (nSPS) is 18.4. The Morgan fingerprint density at radius 3 is 2.58 bits per heavy atom. The topological polar surface area (TPSA) is 79.6 Å². The second-order valence-corrected chi connectivity index (χ2v) is 11.6. The molecule has 1 saturated heterocycles. The summed E-state index contributed by atoms with van der Waals surface area (Å²) in [6.45, 7) is 2.46. The molecule has 3 aromatic rings. The number of methoxy groups -OCH3 is 1. The molecule has 1 spiro atoms. The van der Waals surface area contributed by atoms with Crippen LogP contribution in [0.5, 0.6) is 5.75 Å². The lowest BCUT2D eigenvalue weighted by Crippen LogP contribution is -2.62. The second-order valence-electron chi connectivity index (χ2n) is 11.2. The summed E-state index contributed by atoms with van der Waals surface area (Å²) in [5.41, 5.74) is 0.996. The molecule has 40 heavy (non-hydrogen) atoms. The zero-order valence-corrected chi connectivity index (χ0v) is 23.1. The number of hydrogen-bond donors (Lipinski definition) is 0. The summed E-state index contributed by atoms with van der Waals surface area (Å²) in [5, 5.41) is 9.73. The number of anilines is 1. The zero-order valence-electron chi connectivity index (χ0n) is 22.4. The lowest BCUT2D eigenvalue weighted by Gasteiger charge is -2.59. The molecule has 1 saturated carbocycles. The SMILES string of the molecule is COc1ccc(C(F)(F)F)nc1N1CC2(CC(c3nnc4n3-c3ccc(Cl)cc3CN(CC(=O)N(C)C)C4)C2)C1. The van der Waals surface area contributed by atoms with Gasteiger partial charge in [0.15, 0.2) is 17.4 Å². The van der Waals surface area contributed by atoms with Crippen molar-refractivity contribution in [1.82, 2.24) is 29.5 Å². The quantitative estimate of drug-likeness (QED) is 0.453. The van der Waals surface area contributed by atoms with E-state index in [2.05, 4.69) is 19.7 Å². The van der Waals surface area contributed by atoms with E-state index in [1.165, 1.54) is 13.2 Å². The van der Waals surface area contributed by atoms with Gasteiger partial charge in [-0.15, -0.1) is 10.2 Å². The van der Waals surface area contributed by atoms with Gasteiger partial charge in [0.05, 0.1) is 25.9 Å². The van der Waals surface area contributed by atoms with E-state index in [0.29, 0.717) is 37.0 Å². The Kier molecular flexibility index (Phi) is 6.45. The summed E-state index contributed by atoms with van der Waals surface area (Å²) in [6, 6.07) is 8.00. The van der Waals surface area contributed by atoms with Crippen LogP contribution in [-0.2, 0) is 24.1 Å². The molecule has 2 aliphatic heterocycles. The highest BCUT2D eigenvalue weighted by Gasteiger charge is 2.55. The molecule has 6 rings (SSSR count). The molecule has 0 radical (unpaired) electrons. The molecule has 4 heterocycles. The van der Waals surface area contributed by atoms with Gasteiger partial charge in [-0.1, -0.05) is 11.6 Å². The summed E-state index contributed by atoms with van der Waals surface area (Å²) in [6.07, 6.45) is -2.84. The van der Waals surface area contributed by atoms with Crippen molar-refractivity contribution in [2.75, 3.05) is 45.7 Å². The lowest BCUT2D eigenvalue weighted by atomic mass is 9.57. The number of likely N-dealkylation sites (N-methyl/N-ethyl adjacent to an activating group) is 1. The molecule has 13 heteroatoms. The molecular weight excluding hydrogens is 547 g/mol. The molecular formula is C27H29ClF3N7O2. The number of carbonyl (C=O) groups excluding carboxylic acids is 1. The van der Waals surface area contributed by atoms with E-state index in [-0.39, 0.29) is 29.6 Å². The largest absolute Gasteiger partial charge is 0.493 e. The number of nitrogens with zero attached hydrogens (tertiary/aromatic N) is 7. The molecule has 212 valence electrons. The number of ether oxygens (including phenoxy) is 1. The number of alkyl halides is 3. The van der Waals surface area contributed by atoms with E-state index in [1.807, 2.05) is 28.0 Å². The number of halogens is 4. The number of carbonyl (C=O) groups is 1. The molecule has 3 aliphatic rings. The number of hydrogen-bond acceptors (Lipinski definition) is 7. The average Bonchev–Trinajstić information content (AvgIpc) is 3.17. The first-order valence-corrected chi connectivity index (χ1v) is 13.4. The summed E-state index contributed by atoms with van der Waals surface area (Å²) in [5.74, 6) is 2.32. The van der Waals surface area contributed by atoms with Crippen molar-refractivity contribution >= 4 is 23.3 Å². The lowest BCUT2D eigenvalue weighted by molar-refractivity contribution is -0.141. The molecule has 2 aromatic heterocycles. The van der Waals surface area contributed by atoms with E-state index in [1.54, 1.807) is 19.0 Å². The maximum absolute atomic E-state index is 13.3. The van der Waals surface area contributed by atoms with E-state index >= 15 is 0 Å². The van der Waals surface area contributed by atoms with Gasteiger partial charge in [-0.3, -0.25) is 14.3 Å². The molecule has 0 bridgehead atoms.